The molecule has 1 heterocycles. The number of fused-ring (bicyclic) bond motifs is 1. The third-order valence-electron chi connectivity index (χ3n) is 5.87. The Morgan fingerprint density at radius 3 is 2.50 bits per heavy atom. The van der Waals surface area contributed by atoms with Crippen molar-refractivity contribution in [2.45, 2.75) is 38.1 Å². The molecule has 10 nitrogen and oxygen atoms in total. The van der Waals surface area contributed by atoms with Crippen molar-refractivity contribution in [1.82, 2.24) is 25.2 Å². The van der Waals surface area contributed by atoms with Gasteiger partial charge in [-0.15, -0.1) is 15.0 Å². The number of nitrogens with zero attached hydrogens (tertiary/aromatic N) is 4. The molecule has 0 spiro atoms. The molecule has 1 aromatic heterocycles. The molecule has 0 aliphatic rings. The first-order valence-electron chi connectivity index (χ1n) is 11.7. The number of amides is 2. The van der Waals surface area contributed by atoms with E-state index >= 15 is 0 Å². The summed E-state index contributed by atoms with van der Waals surface area (Å²) in [6, 6.07) is 11.9. The standard InChI is InChI=1S/C26H31N5O5/c1-4-25(34)30(2)21(26(35)36-3)11-7-8-16-27-24(33)15-13-18-12-14-23(32)22(17-18)31-28-19-9-5-6-10-20(19)29-31/h4-6,9-10,12,14,17,21,32H,1,7-8,11,13,15-16H2,2-3H3,(H,27,33)/t21-/m0/s1. The van der Waals surface area contributed by atoms with E-state index in [1.807, 2.05) is 24.3 Å². The number of phenolic OH excluding ortho intramolecular Hbond substituents is 1. The monoisotopic (exact) mass is 493 g/mol. The molecule has 0 aliphatic heterocycles. The highest BCUT2D eigenvalue weighted by molar-refractivity contribution is 5.90. The number of hydrogen-bond donors (Lipinski definition) is 2. The summed E-state index contributed by atoms with van der Waals surface area (Å²) in [5.41, 5.74) is 2.76. The number of benzene rings is 2. The molecule has 2 amide bonds. The zero-order valence-electron chi connectivity index (χ0n) is 20.5. The number of unbranched alkanes of at least 4 members (excludes halogenated alkanes) is 1. The second-order valence-electron chi connectivity index (χ2n) is 8.34. The third kappa shape index (κ3) is 6.68. The van der Waals surface area contributed by atoms with Crippen molar-refractivity contribution in [3.8, 4) is 11.4 Å². The molecule has 0 fully saturated rings. The van der Waals surface area contributed by atoms with E-state index in [1.165, 1.54) is 23.9 Å². The van der Waals surface area contributed by atoms with Crippen LogP contribution in [0.15, 0.2) is 55.1 Å². The predicted octanol–water partition coefficient (Wildman–Crippen LogP) is 2.53. The van der Waals surface area contributed by atoms with E-state index in [2.05, 4.69) is 22.1 Å². The van der Waals surface area contributed by atoms with Gasteiger partial charge >= 0.3 is 5.97 Å². The molecular weight excluding hydrogens is 462 g/mol. The molecular formula is C26H31N5O5. The first kappa shape index (κ1) is 26.4. The van der Waals surface area contributed by atoms with E-state index in [0.29, 0.717) is 37.9 Å². The number of carbonyl (C=O) groups excluding carboxylic acids is 3. The minimum absolute atomic E-state index is 0.0502. The summed E-state index contributed by atoms with van der Waals surface area (Å²) < 4.78 is 4.79. The lowest BCUT2D eigenvalue weighted by Gasteiger charge is -2.25. The molecule has 3 aromatic rings. The van der Waals surface area contributed by atoms with Crippen LogP contribution >= 0.6 is 0 Å². The minimum atomic E-state index is -0.693. The highest BCUT2D eigenvalue weighted by Crippen LogP contribution is 2.23. The molecule has 36 heavy (non-hydrogen) atoms. The zero-order valence-corrected chi connectivity index (χ0v) is 20.5. The van der Waals surface area contributed by atoms with E-state index in [9.17, 15) is 19.5 Å². The van der Waals surface area contributed by atoms with Gasteiger partial charge in [0, 0.05) is 20.0 Å². The van der Waals surface area contributed by atoms with Gasteiger partial charge in [0.1, 0.15) is 28.5 Å². The Labute approximate surface area is 209 Å². The van der Waals surface area contributed by atoms with E-state index < -0.39 is 12.0 Å². The van der Waals surface area contributed by atoms with Gasteiger partial charge in [0.25, 0.3) is 0 Å². The van der Waals surface area contributed by atoms with E-state index in [-0.39, 0.29) is 24.0 Å². The van der Waals surface area contributed by atoms with Crippen molar-refractivity contribution in [3.63, 3.8) is 0 Å². The molecule has 0 radical (unpaired) electrons. The highest BCUT2D eigenvalue weighted by atomic mass is 16.5. The van der Waals surface area contributed by atoms with Crippen molar-refractivity contribution < 1.29 is 24.2 Å². The number of likely N-dealkylation sites (N-methyl/N-ethyl adjacent to an activating group) is 1. The van der Waals surface area contributed by atoms with Gasteiger partial charge in [-0.3, -0.25) is 9.59 Å². The number of aromatic nitrogens is 3. The van der Waals surface area contributed by atoms with Gasteiger partial charge in [-0.1, -0.05) is 24.8 Å². The van der Waals surface area contributed by atoms with Crippen molar-refractivity contribution >= 4 is 28.8 Å². The lowest BCUT2D eigenvalue weighted by molar-refractivity contribution is -0.150. The van der Waals surface area contributed by atoms with Crippen LogP contribution in [0.3, 0.4) is 0 Å². The molecule has 0 saturated heterocycles. The molecule has 0 bridgehead atoms. The zero-order chi connectivity index (χ0) is 26.1. The van der Waals surface area contributed by atoms with Crippen LogP contribution in [-0.4, -0.2) is 69.5 Å². The summed E-state index contributed by atoms with van der Waals surface area (Å²) in [5, 5.41) is 22.0. The number of nitrogens with one attached hydrogen (secondary N) is 1. The van der Waals surface area contributed by atoms with Crippen LogP contribution in [0.5, 0.6) is 5.75 Å². The van der Waals surface area contributed by atoms with Crippen LogP contribution in [0, 0.1) is 0 Å². The normalized spacial score (nSPS) is 11.6. The van der Waals surface area contributed by atoms with Gasteiger partial charge in [0.15, 0.2) is 0 Å². The number of rotatable bonds is 12. The Morgan fingerprint density at radius 2 is 1.86 bits per heavy atom. The number of ether oxygens (including phenoxy) is 1. The number of phenols is 1. The fourth-order valence-electron chi connectivity index (χ4n) is 3.79. The molecule has 0 unspecified atom stereocenters. The molecule has 190 valence electrons. The molecule has 2 N–H and O–H groups in total. The summed E-state index contributed by atoms with van der Waals surface area (Å²) in [4.78, 5) is 38.8. The average Bonchev–Trinajstić information content (AvgIpc) is 3.33. The van der Waals surface area contributed by atoms with Gasteiger partial charge in [-0.05, 0) is 61.6 Å². The second-order valence-corrected chi connectivity index (χ2v) is 8.34. The fourth-order valence-corrected chi connectivity index (χ4v) is 3.79. The maximum atomic E-state index is 12.3. The maximum Gasteiger partial charge on any atom is 0.328 e. The SMILES string of the molecule is C=CC(=O)N(C)[C@@H](CCCCNC(=O)CCc1ccc(O)c(-n2nc3ccccc3n2)c1)C(=O)OC. The molecule has 10 heteroatoms. The summed E-state index contributed by atoms with van der Waals surface area (Å²) in [6.45, 7) is 3.90. The number of methoxy groups -OCH3 is 1. The quantitative estimate of drug-likeness (QED) is 0.226. The Morgan fingerprint density at radius 1 is 1.17 bits per heavy atom. The fraction of sp³-hybridized carbons (Fsp3) is 0.346. The van der Waals surface area contributed by atoms with Gasteiger partial charge in [0.2, 0.25) is 11.8 Å². The number of hydrogen-bond acceptors (Lipinski definition) is 7. The Bertz CT molecular complexity index is 1210. The topological polar surface area (TPSA) is 127 Å². The molecule has 0 saturated carbocycles. The van der Waals surface area contributed by atoms with E-state index in [0.717, 1.165) is 22.7 Å². The minimum Gasteiger partial charge on any atom is -0.506 e. The van der Waals surface area contributed by atoms with E-state index in [4.69, 9.17) is 4.74 Å². The van der Waals surface area contributed by atoms with Gasteiger partial charge < -0.3 is 20.1 Å². The summed E-state index contributed by atoms with van der Waals surface area (Å²) in [5.74, 6) is -0.888. The van der Waals surface area contributed by atoms with Crippen molar-refractivity contribution in [2.75, 3.05) is 20.7 Å². The van der Waals surface area contributed by atoms with Crippen LogP contribution < -0.4 is 5.32 Å². The average molecular weight is 494 g/mol. The predicted molar refractivity (Wildman–Crippen MR) is 134 cm³/mol. The summed E-state index contributed by atoms with van der Waals surface area (Å²) >= 11 is 0. The maximum absolute atomic E-state index is 12.3. The molecule has 0 aliphatic carbocycles. The smallest absolute Gasteiger partial charge is 0.328 e. The second kappa shape index (κ2) is 12.5. The van der Waals surface area contributed by atoms with Crippen LogP contribution in [0.1, 0.15) is 31.2 Å². The third-order valence-corrected chi connectivity index (χ3v) is 5.87. The summed E-state index contributed by atoms with van der Waals surface area (Å²) in [7, 11) is 2.82. The van der Waals surface area contributed by atoms with Crippen molar-refractivity contribution in [1.29, 1.82) is 0 Å². The lowest BCUT2D eigenvalue weighted by atomic mass is 10.1. The molecule has 2 aromatic carbocycles. The Kier molecular flexibility index (Phi) is 9.15. The van der Waals surface area contributed by atoms with Crippen LogP contribution in [-0.2, 0) is 25.5 Å². The van der Waals surface area contributed by atoms with E-state index in [1.54, 1.807) is 18.2 Å². The Hall–Kier alpha value is -4.21. The molecule has 1 atom stereocenters. The number of aryl methyl sites for hydroxylation is 1. The Balaban J connectivity index is 1.46. The lowest BCUT2D eigenvalue weighted by Crippen LogP contribution is -2.42. The number of esters is 1. The summed E-state index contributed by atoms with van der Waals surface area (Å²) in [6.07, 6.45) is 3.61. The van der Waals surface area contributed by atoms with Crippen molar-refractivity contribution in [3.05, 3.63) is 60.7 Å². The number of aromatic hydroxyl groups is 1. The first-order valence-corrected chi connectivity index (χ1v) is 11.7. The first-order chi connectivity index (χ1) is 17.3. The van der Waals surface area contributed by atoms with Crippen molar-refractivity contribution in [2.24, 2.45) is 0 Å². The van der Waals surface area contributed by atoms with Gasteiger partial charge in [0.05, 0.1) is 7.11 Å². The largest absolute Gasteiger partial charge is 0.506 e. The highest BCUT2D eigenvalue weighted by Gasteiger charge is 2.25. The van der Waals surface area contributed by atoms with Gasteiger partial charge in [-0.2, -0.15) is 0 Å². The van der Waals surface area contributed by atoms with Crippen LogP contribution in [0.25, 0.3) is 16.7 Å². The molecule has 3 rings (SSSR count). The van der Waals surface area contributed by atoms with Crippen LogP contribution in [0.2, 0.25) is 0 Å². The van der Waals surface area contributed by atoms with Crippen LogP contribution in [0.4, 0.5) is 0 Å². The van der Waals surface area contributed by atoms with Gasteiger partial charge in [-0.25, -0.2) is 4.79 Å². The number of carbonyl (C=O) groups is 3.